The Morgan fingerprint density at radius 3 is 2.88 bits per heavy atom. The molecule has 1 aliphatic carbocycles. The van der Waals surface area contributed by atoms with Gasteiger partial charge in [-0.3, -0.25) is 14.8 Å². The molecule has 0 saturated carbocycles. The molecule has 3 aromatic rings. The molecule has 1 unspecified atom stereocenters. The third-order valence-electron chi connectivity index (χ3n) is 5.39. The third-order valence-corrected chi connectivity index (χ3v) is 5.39. The first kappa shape index (κ1) is 15.3. The quantitative estimate of drug-likeness (QED) is 0.708. The molecular formula is C22H19N3O. The van der Waals surface area contributed by atoms with Crippen molar-refractivity contribution in [2.45, 2.75) is 32.1 Å². The first-order chi connectivity index (χ1) is 12.7. The Bertz CT molecular complexity index is 1070. The number of anilines is 1. The number of benzene rings is 1. The van der Waals surface area contributed by atoms with Crippen molar-refractivity contribution in [2.75, 3.05) is 5.32 Å². The Balaban J connectivity index is 1.84. The standard InChI is InChI=1S/C22H19N3O/c1-13-7-8-15-16(24-13)9-10-18-21(15)20(14-4-3-11-23-12-14)22-17(25-18)5-2-6-19(22)26/h3-4,7-12,20,25H,2,5-6H2,1H3. The molecule has 0 saturated heterocycles. The zero-order chi connectivity index (χ0) is 17.7. The number of aromatic nitrogens is 2. The zero-order valence-electron chi connectivity index (χ0n) is 14.6. The molecule has 128 valence electrons. The van der Waals surface area contributed by atoms with Gasteiger partial charge in [-0.1, -0.05) is 12.1 Å². The number of pyridine rings is 2. The van der Waals surface area contributed by atoms with Crippen LogP contribution in [-0.2, 0) is 4.79 Å². The summed E-state index contributed by atoms with van der Waals surface area (Å²) in [7, 11) is 0. The van der Waals surface area contributed by atoms with Crippen LogP contribution in [-0.4, -0.2) is 15.8 Å². The average molecular weight is 341 g/mol. The van der Waals surface area contributed by atoms with Gasteiger partial charge in [0.2, 0.25) is 0 Å². The second kappa shape index (κ2) is 5.77. The lowest BCUT2D eigenvalue weighted by Gasteiger charge is -2.34. The molecule has 2 aromatic heterocycles. The summed E-state index contributed by atoms with van der Waals surface area (Å²) in [5.41, 5.74) is 7.21. The topological polar surface area (TPSA) is 54.9 Å². The van der Waals surface area contributed by atoms with Gasteiger partial charge in [0.1, 0.15) is 0 Å². The number of nitrogens with zero attached hydrogens (tertiary/aromatic N) is 2. The number of hydrogen-bond acceptors (Lipinski definition) is 4. The highest BCUT2D eigenvalue weighted by atomic mass is 16.1. The number of allylic oxidation sites excluding steroid dienone is 2. The van der Waals surface area contributed by atoms with Crippen molar-refractivity contribution in [1.82, 2.24) is 9.97 Å². The Kier molecular flexibility index (Phi) is 3.38. The number of Topliss-reactive ketones (excluding diaryl/α,β-unsaturated/α-hetero) is 1. The second-order valence-corrected chi connectivity index (χ2v) is 7.06. The van der Waals surface area contributed by atoms with Crippen LogP contribution < -0.4 is 5.32 Å². The number of nitrogens with one attached hydrogen (secondary N) is 1. The number of carbonyl (C=O) groups is 1. The zero-order valence-corrected chi connectivity index (χ0v) is 14.6. The van der Waals surface area contributed by atoms with Crippen molar-refractivity contribution >= 4 is 22.4 Å². The predicted molar refractivity (Wildman–Crippen MR) is 102 cm³/mol. The summed E-state index contributed by atoms with van der Waals surface area (Å²) in [5, 5.41) is 4.64. The molecular weight excluding hydrogens is 322 g/mol. The van der Waals surface area contributed by atoms with Gasteiger partial charge in [-0.15, -0.1) is 0 Å². The van der Waals surface area contributed by atoms with E-state index in [2.05, 4.69) is 34.6 Å². The Morgan fingerprint density at radius 1 is 1.12 bits per heavy atom. The van der Waals surface area contributed by atoms with E-state index < -0.39 is 0 Å². The van der Waals surface area contributed by atoms with Crippen LogP contribution in [0.2, 0.25) is 0 Å². The summed E-state index contributed by atoms with van der Waals surface area (Å²) in [6.45, 7) is 2.00. The third kappa shape index (κ3) is 2.25. The number of aryl methyl sites for hydroxylation is 1. The molecule has 26 heavy (non-hydrogen) atoms. The molecule has 2 aliphatic rings. The van der Waals surface area contributed by atoms with Gasteiger partial charge < -0.3 is 5.32 Å². The van der Waals surface area contributed by atoms with Crippen LogP contribution in [0.25, 0.3) is 10.9 Å². The van der Waals surface area contributed by atoms with E-state index >= 15 is 0 Å². The Labute approximate surface area is 152 Å². The SMILES string of the molecule is Cc1ccc2c3c(ccc2n1)NC1=C(C(=O)CCC1)C3c1cccnc1. The van der Waals surface area contributed by atoms with Crippen molar-refractivity contribution in [3.05, 3.63) is 76.9 Å². The van der Waals surface area contributed by atoms with Gasteiger partial charge in [-0.2, -0.15) is 0 Å². The molecule has 0 fully saturated rings. The lowest BCUT2D eigenvalue weighted by atomic mass is 9.75. The first-order valence-corrected chi connectivity index (χ1v) is 9.06. The maximum atomic E-state index is 12.9. The average Bonchev–Trinajstić information content (AvgIpc) is 2.67. The Hall–Kier alpha value is -3.01. The summed E-state index contributed by atoms with van der Waals surface area (Å²) in [4.78, 5) is 21.9. The number of ketones is 1. The minimum Gasteiger partial charge on any atom is -0.358 e. The summed E-state index contributed by atoms with van der Waals surface area (Å²) in [5.74, 6) is 0.159. The highest BCUT2D eigenvalue weighted by Crippen LogP contribution is 2.47. The summed E-state index contributed by atoms with van der Waals surface area (Å²) >= 11 is 0. The Morgan fingerprint density at radius 2 is 2.04 bits per heavy atom. The van der Waals surface area contributed by atoms with Crippen LogP contribution in [0.1, 0.15) is 42.0 Å². The fraction of sp³-hybridized carbons (Fsp3) is 0.227. The van der Waals surface area contributed by atoms with E-state index in [-0.39, 0.29) is 11.7 Å². The van der Waals surface area contributed by atoms with Crippen LogP contribution in [0.5, 0.6) is 0 Å². The van der Waals surface area contributed by atoms with Crippen LogP contribution in [0.4, 0.5) is 5.69 Å². The number of carbonyl (C=O) groups excluding carboxylic acids is 1. The van der Waals surface area contributed by atoms with Crippen molar-refractivity contribution in [2.24, 2.45) is 0 Å². The van der Waals surface area contributed by atoms with Crippen LogP contribution in [0.3, 0.4) is 0 Å². The van der Waals surface area contributed by atoms with E-state index in [0.29, 0.717) is 6.42 Å². The maximum absolute atomic E-state index is 12.9. The van der Waals surface area contributed by atoms with Crippen molar-refractivity contribution in [3.63, 3.8) is 0 Å². The fourth-order valence-corrected chi connectivity index (χ4v) is 4.26. The minimum atomic E-state index is -0.0871. The second-order valence-electron chi connectivity index (χ2n) is 7.06. The van der Waals surface area contributed by atoms with Gasteiger partial charge in [0.05, 0.1) is 5.52 Å². The van der Waals surface area contributed by atoms with Crippen molar-refractivity contribution < 1.29 is 4.79 Å². The van der Waals surface area contributed by atoms with Gasteiger partial charge in [0.25, 0.3) is 0 Å². The molecule has 0 bridgehead atoms. The van der Waals surface area contributed by atoms with Crippen LogP contribution in [0.15, 0.2) is 60.1 Å². The van der Waals surface area contributed by atoms with E-state index in [1.54, 1.807) is 6.20 Å². The molecule has 0 spiro atoms. The number of fused-ring (bicyclic) bond motifs is 3. The molecule has 4 heteroatoms. The minimum absolute atomic E-state index is 0.0871. The van der Waals surface area contributed by atoms with Crippen molar-refractivity contribution in [1.29, 1.82) is 0 Å². The van der Waals surface area contributed by atoms with E-state index in [1.165, 1.54) is 0 Å². The summed E-state index contributed by atoms with van der Waals surface area (Å²) < 4.78 is 0. The highest BCUT2D eigenvalue weighted by molar-refractivity contribution is 6.03. The predicted octanol–water partition coefficient (Wildman–Crippen LogP) is 4.50. The van der Waals surface area contributed by atoms with Crippen LogP contribution in [0, 0.1) is 6.92 Å². The molecule has 4 nitrogen and oxygen atoms in total. The lowest BCUT2D eigenvalue weighted by molar-refractivity contribution is -0.116. The molecule has 1 aromatic carbocycles. The van der Waals surface area contributed by atoms with Crippen molar-refractivity contribution in [3.8, 4) is 0 Å². The van der Waals surface area contributed by atoms with E-state index in [0.717, 1.165) is 57.5 Å². The van der Waals surface area contributed by atoms with Gasteiger partial charge >= 0.3 is 0 Å². The number of rotatable bonds is 1. The summed E-state index contributed by atoms with van der Waals surface area (Å²) in [6.07, 6.45) is 6.11. The molecule has 1 aliphatic heterocycles. The molecule has 1 atom stereocenters. The lowest BCUT2D eigenvalue weighted by Crippen LogP contribution is -2.27. The molecule has 5 rings (SSSR count). The largest absolute Gasteiger partial charge is 0.358 e. The van der Waals surface area contributed by atoms with Gasteiger partial charge in [0.15, 0.2) is 5.78 Å². The molecule has 1 N–H and O–H groups in total. The molecule has 3 heterocycles. The maximum Gasteiger partial charge on any atom is 0.161 e. The van der Waals surface area contributed by atoms with E-state index in [1.807, 2.05) is 25.3 Å². The highest BCUT2D eigenvalue weighted by Gasteiger charge is 2.36. The van der Waals surface area contributed by atoms with E-state index in [9.17, 15) is 4.79 Å². The first-order valence-electron chi connectivity index (χ1n) is 9.06. The normalized spacial score (nSPS) is 19.1. The molecule has 0 amide bonds. The van der Waals surface area contributed by atoms with Gasteiger partial charge in [0, 0.05) is 52.8 Å². The summed E-state index contributed by atoms with van der Waals surface area (Å²) in [6, 6.07) is 12.3. The smallest absolute Gasteiger partial charge is 0.161 e. The monoisotopic (exact) mass is 341 g/mol. The number of hydrogen-bond donors (Lipinski definition) is 1. The fourth-order valence-electron chi connectivity index (χ4n) is 4.26. The van der Waals surface area contributed by atoms with Gasteiger partial charge in [-0.25, -0.2) is 0 Å². The van der Waals surface area contributed by atoms with E-state index in [4.69, 9.17) is 4.98 Å². The molecule has 0 radical (unpaired) electrons. The van der Waals surface area contributed by atoms with Crippen LogP contribution >= 0.6 is 0 Å². The van der Waals surface area contributed by atoms with Gasteiger partial charge in [-0.05, 0) is 55.2 Å².